The van der Waals surface area contributed by atoms with Gasteiger partial charge in [0.05, 0.1) is 98.1 Å². The second-order valence-corrected chi connectivity index (χ2v) is 43.6. The Labute approximate surface area is 782 Å². The van der Waals surface area contributed by atoms with Crippen molar-refractivity contribution < 1.29 is 30.9 Å². The molecule has 4 bridgehead atoms. The fraction of sp³-hybridized carbons (Fsp3) is 0.487. The first-order valence-corrected chi connectivity index (χ1v) is 50.4. The maximum absolute atomic E-state index is 6.60. The first-order chi connectivity index (χ1) is 63.3. The number of benzene rings is 5. The number of rotatable bonds is 3. The van der Waals surface area contributed by atoms with Crippen LogP contribution in [0.5, 0.6) is 0 Å². The molecule has 15 heteroatoms. The summed E-state index contributed by atoms with van der Waals surface area (Å²) in [5.41, 5.74) is 31.3. The van der Waals surface area contributed by atoms with Crippen LogP contribution in [0, 0.1) is 55.3 Å². The van der Waals surface area contributed by atoms with Gasteiger partial charge in [0.15, 0.2) is 39.1 Å². The van der Waals surface area contributed by atoms with Gasteiger partial charge in [0.2, 0.25) is 0 Å². The van der Waals surface area contributed by atoms with E-state index < -0.39 is 0 Å². The summed E-state index contributed by atoms with van der Waals surface area (Å²) >= 11 is 0. The van der Waals surface area contributed by atoms with E-state index in [0.717, 1.165) is 85.8 Å². The predicted octanol–water partition coefficient (Wildman–Crippen LogP) is 31.9. The van der Waals surface area contributed by atoms with E-state index in [0.29, 0.717) is 0 Å². The lowest BCUT2D eigenvalue weighted by Gasteiger charge is -2.63. The summed E-state index contributed by atoms with van der Waals surface area (Å²) in [5, 5.41) is 0. The second kappa shape index (κ2) is 30.9. The van der Waals surface area contributed by atoms with Crippen LogP contribution in [0.15, 0.2) is 214 Å². The maximum Gasteiger partial charge on any atom is 0.178 e. The highest BCUT2D eigenvalue weighted by Gasteiger charge is 2.70. The van der Waals surface area contributed by atoms with E-state index in [2.05, 4.69) is 342 Å². The molecule has 6 saturated carbocycles. The van der Waals surface area contributed by atoms with Crippen molar-refractivity contribution in [3.05, 3.63) is 267 Å². The van der Waals surface area contributed by atoms with Gasteiger partial charge in [-0.3, -0.25) is 0 Å². The largest absolute Gasteiger partial charge is 0.460 e. The number of hydrogen-bond acceptors (Lipinski definition) is 12. The van der Waals surface area contributed by atoms with E-state index in [1.54, 1.807) is 18.1 Å². The summed E-state index contributed by atoms with van der Waals surface area (Å²) in [4.78, 5) is 13.3. The van der Waals surface area contributed by atoms with Gasteiger partial charge in [0.1, 0.15) is 28.8 Å². The molecule has 7 atom stereocenters. The molecule has 3 spiro atoms. The van der Waals surface area contributed by atoms with E-state index in [-0.39, 0.29) is 79.6 Å². The van der Waals surface area contributed by atoms with Gasteiger partial charge < -0.3 is 69.1 Å². The van der Waals surface area contributed by atoms with E-state index in [1.807, 2.05) is 39.8 Å². The van der Waals surface area contributed by atoms with Crippen LogP contribution in [0.2, 0.25) is 0 Å². The zero-order valence-electron chi connectivity index (χ0n) is 83.4. The van der Waals surface area contributed by atoms with Crippen LogP contribution in [0.1, 0.15) is 336 Å². The third-order valence-electron chi connectivity index (χ3n) is 37.1. The van der Waals surface area contributed by atoms with Crippen molar-refractivity contribution >= 4 is 84.1 Å². The number of aromatic nitrogens is 3. The number of furan rings is 7. The van der Waals surface area contributed by atoms with E-state index in [4.69, 9.17) is 30.9 Å². The fourth-order valence-corrected chi connectivity index (χ4v) is 29.9. The molecule has 6 fully saturated rings. The van der Waals surface area contributed by atoms with Crippen molar-refractivity contribution in [2.75, 3.05) is 24.5 Å². The third kappa shape index (κ3) is 11.4. The van der Waals surface area contributed by atoms with Crippen LogP contribution in [-0.4, -0.2) is 13.7 Å². The lowest BCUT2D eigenvalue weighted by molar-refractivity contribution is -0.0597. The predicted molar refractivity (Wildman–Crippen MR) is 538 cm³/mol. The molecule has 6 aliphatic carbocycles. The van der Waals surface area contributed by atoms with Crippen LogP contribution in [0.4, 0.5) is 28.4 Å². The highest BCUT2D eigenvalue weighted by molar-refractivity contribution is 5.90. The highest BCUT2D eigenvalue weighted by atomic mass is 16.4. The van der Waals surface area contributed by atoms with Gasteiger partial charge in [-0.05, 0) is 238 Å². The van der Waals surface area contributed by atoms with Crippen molar-refractivity contribution in [1.82, 2.24) is 13.7 Å². The lowest BCUT2D eigenvalue weighted by Crippen LogP contribution is -2.62. The molecule has 15 nitrogen and oxygen atoms in total. The Balaban J connectivity index is 0.0000000987. The Morgan fingerprint density at radius 2 is 0.598 bits per heavy atom. The van der Waals surface area contributed by atoms with Crippen LogP contribution < -0.4 is 24.5 Å². The molecule has 0 amide bonds. The maximum atomic E-state index is 6.60. The van der Waals surface area contributed by atoms with Crippen LogP contribution in [-0.2, 0) is 59.7 Å². The molecule has 0 N–H and O–H groups in total. The monoisotopic (exact) mass is 1770 g/mol. The highest BCUT2D eigenvalue weighted by Crippen LogP contribution is 2.74. The molecule has 0 saturated heterocycles. The molecule has 5 aromatic carbocycles. The molecule has 28 rings (SSSR count). The first kappa shape index (κ1) is 87.8. The molecule has 15 aromatic rings. The number of aryl methyl sites for hydroxylation is 6. The standard InChI is InChI=1S/C26H30N2O.2C23H28N2O.C21H23NO2.C20H21NO2.2C2H6/c1-15-6-4-5-7-21(15)28-16(2)25-23(24-22(29-25)8-9-27(24)3)26(28)19-11-17-10-18(13-19)14-20(26)12-17;2*1-14-20-18(19-17(26-20)12-13-24(19)7)23(6)22(4,5)21(2,3)15-10-8-9-11-16(15)25(14)23;1-14-8-4-5-9-16(14)22-15(2)19-18(20-17(24-19)10-13-23-20)21(22)11-6-3-7-12-21;1-13-7-3-4-8-15(13)21-14(2)18-17(20(21)10-5-6-11-20)19-16(23-18)9-12-22-19;2*1-2/h4-9,16-20H,10-14H2,1-3H3;2*8-14H,1-7H3;4-5,8-10,13,15H,3,6-7,11-12H2,1-2H3;3-4,7-9,12,14H,5-6,10-11H2,1-2H3;2*1-2H3. The van der Waals surface area contributed by atoms with Gasteiger partial charge >= 0.3 is 0 Å². The Morgan fingerprint density at radius 1 is 0.303 bits per heavy atom. The Hall–Kier alpha value is -10.8. The summed E-state index contributed by atoms with van der Waals surface area (Å²) in [7, 11) is 6.45. The minimum Gasteiger partial charge on any atom is -0.460 e. The normalized spacial score (nSPS) is 27.3. The van der Waals surface area contributed by atoms with Gasteiger partial charge in [0, 0.05) is 108 Å². The summed E-state index contributed by atoms with van der Waals surface area (Å²) < 4.78 is 50.4. The SMILES string of the molecule is CC.CC.CC1c2oc3ccn(C)c3c2C2(C)N1c1ccccc1C(C)(C)C2(C)C.CC1c2oc3ccn(C)c3c2C2(C)N1c1ccccc1C(C)(C)C2(C)C.Cc1ccccc1N1C(C)c2oc3ccn(C)c3c2C12C1CC3CC(C1)CC2C3.Cc1ccccc1N1C(C)c2oc3ccoc3c2C12CCCC2.Cc1ccccc1N1C(C)c2oc3ccoc3c2C12CCCCC2. The average molecular weight is 1770 g/mol. The van der Waals surface area contributed by atoms with Gasteiger partial charge in [-0.15, -0.1) is 0 Å². The quantitative estimate of drug-likeness (QED) is 0.167. The molecule has 132 heavy (non-hydrogen) atoms. The van der Waals surface area contributed by atoms with E-state index in [1.165, 1.54) is 191 Å². The minimum absolute atomic E-state index is 0.00887. The van der Waals surface area contributed by atoms with Crippen molar-refractivity contribution in [2.24, 2.45) is 55.6 Å². The van der Waals surface area contributed by atoms with Crippen LogP contribution >= 0.6 is 0 Å². The number of hydrogen-bond donors (Lipinski definition) is 0. The zero-order chi connectivity index (χ0) is 92.7. The van der Waals surface area contributed by atoms with Crippen LogP contribution in [0.25, 0.3) is 55.6 Å². The molecule has 7 unspecified atom stereocenters. The average Bonchev–Trinajstić information content (AvgIpc) is 1.49. The molecule has 0 radical (unpaired) electrons. The summed E-state index contributed by atoms with van der Waals surface area (Å²) in [6, 6.07) is 55.8. The number of anilines is 5. The topological polar surface area (TPSA) is 123 Å². The third-order valence-corrected chi connectivity index (χ3v) is 37.1. The van der Waals surface area contributed by atoms with Gasteiger partial charge in [-0.25, -0.2) is 0 Å². The molecule has 7 aliphatic heterocycles. The molecular formula is C117H142N8O7. The van der Waals surface area contributed by atoms with E-state index in [9.17, 15) is 0 Å². The Kier molecular flexibility index (Phi) is 20.5. The van der Waals surface area contributed by atoms with Gasteiger partial charge in [0.25, 0.3) is 0 Å². The van der Waals surface area contributed by atoms with Crippen molar-refractivity contribution in [2.45, 2.75) is 311 Å². The number of nitrogens with zero attached hydrogens (tertiary/aromatic N) is 8. The van der Waals surface area contributed by atoms with Crippen molar-refractivity contribution in [3.8, 4) is 0 Å². The number of fused-ring (bicyclic) bond motifs is 25. The Bertz CT molecular complexity index is 6720. The van der Waals surface area contributed by atoms with Gasteiger partial charge in [-0.1, -0.05) is 206 Å². The van der Waals surface area contributed by atoms with Gasteiger partial charge in [-0.2, -0.15) is 0 Å². The summed E-state index contributed by atoms with van der Waals surface area (Å²) in [5.74, 6) is 9.12. The molecule has 17 heterocycles. The lowest BCUT2D eigenvalue weighted by atomic mass is 9.47. The first-order valence-electron chi connectivity index (χ1n) is 50.4. The molecule has 10 aromatic heterocycles. The number of para-hydroxylation sites is 5. The summed E-state index contributed by atoms with van der Waals surface area (Å²) in [6.07, 6.45) is 28.1. The second-order valence-electron chi connectivity index (χ2n) is 43.6. The van der Waals surface area contributed by atoms with Crippen molar-refractivity contribution in [1.29, 1.82) is 0 Å². The minimum atomic E-state index is -0.142. The Morgan fingerprint density at radius 3 is 0.970 bits per heavy atom. The van der Waals surface area contributed by atoms with Crippen molar-refractivity contribution in [3.63, 3.8) is 0 Å². The fourth-order valence-electron chi connectivity index (χ4n) is 29.9. The molecule has 692 valence electrons. The van der Waals surface area contributed by atoms with Crippen LogP contribution in [0.3, 0.4) is 0 Å². The molecule has 13 aliphatic rings. The molecular weight excluding hydrogens is 1630 g/mol. The smallest absolute Gasteiger partial charge is 0.178 e. The zero-order valence-corrected chi connectivity index (χ0v) is 83.4. The summed E-state index contributed by atoms with van der Waals surface area (Å²) in [6.45, 7) is 50.4. The van der Waals surface area contributed by atoms with E-state index >= 15 is 0 Å².